The lowest BCUT2D eigenvalue weighted by Crippen LogP contribution is -2.46. The van der Waals surface area contributed by atoms with Gasteiger partial charge in [-0.15, -0.1) is 0 Å². The normalized spacial score (nSPS) is 18.5. The Balaban J connectivity index is 1.98. The van der Waals surface area contributed by atoms with Crippen LogP contribution in [0.1, 0.15) is 43.7 Å². The average Bonchev–Trinajstić information content (AvgIpc) is 2.72. The predicted octanol–water partition coefficient (Wildman–Crippen LogP) is 1.99. The third kappa shape index (κ3) is 2.91. The molecule has 0 bridgehead atoms. The molecule has 2 N–H and O–H groups in total. The lowest BCUT2D eigenvalue weighted by molar-refractivity contribution is -0.123. The van der Waals surface area contributed by atoms with Crippen LogP contribution in [0, 0.1) is 0 Å². The topological polar surface area (TPSA) is 49.3 Å². The van der Waals surface area contributed by atoms with E-state index in [0.717, 1.165) is 12.8 Å². The number of hydrogen-bond donors (Lipinski definition) is 2. The van der Waals surface area contributed by atoms with Gasteiger partial charge in [0.2, 0.25) is 5.91 Å². The summed E-state index contributed by atoms with van der Waals surface area (Å²) < 4.78 is 0. The van der Waals surface area contributed by atoms with E-state index in [1.165, 1.54) is 11.1 Å². The number of benzene rings is 1. The molecule has 1 aromatic rings. The van der Waals surface area contributed by atoms with Crippen LogP contribution in [0.3, 0.4) is 0 Å². The Labute approximate surface area is 108 Å². The second-order valence-electron chi connectivity index (χ2n) is 5.73. The van der Waals surface area contributed by atoms with Crippen molar-refractivity contribution in [3.63, 3.8) is 0 Å². The van der Waals surface area contributed by atoms with Crippen LogP contribution in [0.2, 0.25) is 0 Å². The Kier molecular flexibility index (Phi) is 3.71. The lowest BCUT2D eigenvalue weighted by Gasteiger charge is -2.24. The van der Waals surface area contributed by atoms with E-state index in [4.69, 9.17) is 5.11 Å². The molecular weight excluding hydrogens is 226 g/mol. The van der Waals surface area contributed by atoms with Gasteiger partial charge in [-0.1, -0.05) is 24.3 Å². The second kappa shape index (κ2) is 5.11. The van der Waals surface area contributed by atoms with E-state index in [1.807, 2.05) is 19.9 Å². The molecule has 0 fully saturated rings. The molecule has 1 aliphatic rings. The summed E-state index contributed by atoms with van der Waals surface area (Å²) >= 11 is 0. The molecule has 0 radical (unpaired) electrons. The molecule has 0 spiro atoms. The van der Waals surface area contributed by atoms with E-state index in [2.05, 4.69) is 23.5 Å². The summed E-state index contributed by atoms with van der Waals surface area (Å²) in [7, 11) is 0. The highest BCUT2D eigenvalue weighted by Gasteiger charge is 2.26. The van der Waals surface area contributed by atoms with Crippen LogP contribution < -0.4 is 5.32 Å². The number of amides is 1. The van der Waals surface area contributed by atoms with E-state index in [1.54, 1.807) is 0 Å². The fourth-order valence-electron chi connectivity index (χ4n) is 2.55. The highest BCUT2D eigenvalue weighted by atomic mass is 16.3. The van der Waals surface area contributed by atoms with Gasteiger partial charge in [-0.3, -0.25) is 4.79 Å². The van der Waals surface area contributed by atoms with E-state index < -0.39 is 5.54 Å². The first kappa shape index (κ1) is 13.1. The Morgan fingerprint density at radius 1 is 1.44 bits per heavy atom. The molecule has 18 heavy (non-hydrogen) atoms. The molecule has 1 aliphatic carbocycles. The van der Waals surface area contributed by atoms with Gasteiger partial charge < -0.3 is 10.4 Å². The third-order valence-electron chi connectivity index (χ3n) is 3.56. The first-order valence-electron chi connectivity index (χ1n) is 6.51. The summed E-state index contributed by atoms with van der Waals surface area (Å²) in [6.07, 6.45) is 2.63. The van der Waals surface area contributed by atoms with Gasteiger partial charge in [0, 0.05) is 6.42 Å². The summed E-state index contributed by atoms with van der Waals surface area (Å²) in [6, 6.07) is 8.35. The van der Waals surface area contributed by atoms with Gasteiger partial charge in [-0.2, -0.15) is 0 Å². The molecule has 1 amide bonds. The van der Waals surface area contributed by atoms with E-state index in [9.17, 15) is 4.79 Å². The minimum Gasteiger partial charge on any atom is -0.394 e. The van der Waals surface area contributed by atoms with Crippen molar-refractivity contribution in [2.24, 2.45) is 0 Å². The van der Waals surface area contributed by atoms with Crippen molar-refractivity contribution in [2.75, 3.05) is 6.61 Å². The number of aliphatic hydroxyl groups excluding tert-OH is 1. The van der Waals surface area contributed by atoms with Crippen LogP contribution in [0.5, 0.6) is 0 Å². The number of hydrogen-bond acceptors (Lipinski definition) is 2. The Bertz CT molecular complexity index is 440. The van der Waals surface area contributed by atoms with Gasteiger partial charge in [-0.05, 0) is 43.7 Å². The zero-order valence-electron chi connectivity index (χ0n) is 11.1. The summed E-state index contributed by atoms with van der Waals surface area (Å²) in [6.45, 7) is 3.61. The molecule has 0 saturated heterocycles. The second-order valence-corrected chi connectivity index (χ2v) is 5.73. The van der Waals surface area contributed by atoms with Gasteiger partial charge >= 0.3 is 0 Å². The van der Waals surface area contributed by atoms with Crippen LogP contribution >= 0.6 is 0 Å². The standard InChI is InChI=1S/C15H21NO2/c1-15(2,10-17)16-14(18)9-12-8-7-11-5-3-4-6-13(11)12/h3-6,12,17H,7-10H2,1-2H3,(H,16,18). The van der Waals surface area contributed by atoms with E-state index in [-0.39, 0.29) is 12.5 Å². The number of carbonyl (C=O) groups is 1. The molecule has 0 heterocycles. The maximum absolute atomic E-state index is 12.0. The van der Waals surface area contributed by atoms with Crippen molar-refractivity contribution >= 4 is 5.91 Å². The lowest BCUT2D eigenvalue weighted by atomic mass is 9.96. The Hall–Kier alpha value is -1.35. The summed E-state index contributed by atoms with van der Waals surface area (Å²) in [5.74, 6) is 0.353. The molecule has 0 aliphatic heterocycles. The number of aliphatic hydroxyl groups is 1. The predicted molar refractivity (Wildman–Crippen MR) is 71.4 cm³/mol. The number of rotatable bonds is 4. The molecule has 0 aromatic heterocycles. The summed E-state index contributed by atoms with van der Waals surface area (Å²) in [5.41, 5.74) is 2.15. The highest BCUT2D eigenvalue weighted by molar-refractivity contribution is 5.78. The zero-order chi connectivity index (χ0) is 13.2. The van der Waals surface area contributed by atoms with Crippen molar-refractivity contribution in [1.29, 1.82) is 0 Å². The SMILES string of the molecule is CC(C)(CO)NC(=O)CC1CCc2ccccc21. The monoisotopic (exact) mass is 247 g/mol. The van der Waals surface area contributed by atoms with Gasteiger partial charge in [0.15, 0.2) is 0 Å². The Morgan fingerprint density at radius 3 is 2.89 bits per heavy atom. The molecule has 3 nitrogen and oxygen atoms in total. The number of nitrogens with one attached hydrogen (secondary N) is 1. The van der Waals surface area contributed by atoms with Crippen molar-refractivity contribution < 1.29 is 9.90 Å². The van der Waals surface area contributed by atoms with Gasteiger partial charge in [0.1, 0.15) is 0 Å². The van der Waals surface area contributed by atoms with E-state index in [0.29, 0.717) is 12.3 Å². The fourth-order valence-corrected chi connectivity index (χ4v) is 2.55. The average molecular weight is 247 g/mol. The number of carbonyl (C=O) groups excluding carboxylic acids is 1. The van der Waals surface area contributed by atoms with Gasteiger partial charge in [0.05, 0.1) is 12.1 Å². The molecule has 1 atom stereocenters. The molecule has 3 heteroatoms. The van der Waals surface area contributed by atoms with Crippen LogP contribution in [0.15, 0.2) is 24.3 Å². The summed E-state index contributed by atoms with van der Waals surface area (Å²) in [5, 5.41) is 12.0. The van der Waals surface area contributed by atoms with E-state index >= 15 is 0 Å². The quantitative estimate of drug-likeness (QED) is 0.855. The molecule has 1 aromatic carbocycles. The molecule has 0 saturated carbocycles. The third-order valence-corrected chi connectivity index (χ3v) is 3.56. The first-order chi connectivity index (χ1) is 8.52. The molecule has 98 valence electrons. The van der Waals surface area contributed by atoms with Crippen LogP contribution in [0.25, 0.3) is 0 Å². The minimum atomic E-state index is -0.533. The number of aryl methyl sites for hydroxylation is 1. The van der Waals surface area contributed by atoms with Crippen molar-refractivity contribution in [2.45, 2.75) is 44.6 Å². The maximum atomic E-state index is 12.0. The zero-order valence-corrected chi connectivity index (χ0v) is 11.1. The molecule has 1 unspecified atom stereocenters. The molecule has 2 rings (SSSR count). The number of fused-ring (bicyclic) bond motifs is 1. The van der Waals surface area contributed by atoms with Crippen LogP contribution in [-0.2, 0) is 11.2 Å². The molecular formula is C15H21NO2. The van der Waals surface area contributed by atoms with Crippen molar-refractivity contribution in [3.8, 4) is 0 Å². The first-order valence-corrected chi connectivity index (χ1v) is 6.51. The van der Waals surface area contributed by atoms with Crippen molar-refractivity contribution in [3.05, 3.63) is 35.4 Å². The Morgan fingerprint density at radius 2 is 2.17 bits per heavy atom. The highest BCUT2D eigenvalue weighted by Crippen LogP contribution is 2.35. The smallest absolute Gasteiger partial charge is 0.221 e. The fraction of sp³-hybridized carbons (Fsp3) is 0.533. The maximum Gasteiger partial charge on any atom is 0.221 e. The largest absolute Gasteiger partial charge is 0.394 e. The van der Waals surface area contributed by atoms with Crippen LogP contribution in [-0.4, -0.2) is 23.2 Å². The summed E-state index contributed by atoms with van der Waals surface area (Å²) in [4.78, 5) is 12.0. The van der Waals surface area contributed by atoms with Crippen molar-refractivity contribution in [1.82, 2.24) is 5.32 Å². The minimum absolute atomic E-state index is 0.0238. The van der Waals surface area contributed by atoms with Crippen LogP contribution in [0.4, 0.5) is 0 Å². The van der Waals surface area contributed by atoms with Gasteiger partial charge in [-0.25, -0.2) is 0 Å². The van der Waals surface area contributed by atoms with Gasteiger partial charge in [0.25, 0.3) is 0 Å².